The normalized spacial score (nSPS) is 21.1. The molecule has 0 saturated carbocycles. The maximum Gasteiger partial charge on any atom is 0.251 e. The van der Waals surface area contributed by atoms with Crippen molar-refractivity contribution in [3.05, 3.63) is 287 Å². The number of rotatable bonds is 15. The van der Waals surface area contributed by atoms with Gasteiger partial charge in [-0.3, -0.25) is 47.7 Å². The molecule has 4 fully saturated rings. The Kier molecular flexibility index (Phi) is 21.8. The van der Waals surface area contributed by atoms with E-state index in [1.807, 2.05) is 175 Å². The molecule has 4 spiro atoms. The Morgan fingerprint density at radius 2 is 0.612 bits per heavy atom. The fraction of sp³-hybridized carbons (Fsp3) is 0.326. The summed E-state index contributed by atoms with van der Waals surface area (Å²) in [5, 5.41) is 16.6. The van der Waals surface area contributed by atoms with E-state index in [-0.39, 0.29) is 80.3 Å². The summed E-state index contributed by atoms with van der Waals surface area (Å²) in [6.07, 6.45) is 14.7. The first kappa shape index (κ1) is 81.3. The van der Waals surface area contributed by atoms with Crippen LogP contribution in [0, 0.1) is 23.3 Å². The second-order valence-corrected chi connectivity index (χ2v) is 34.0. The van der Waals surface area contributed by atoms with E-state index < -0.39 is 33.9 Å². The number of aromatic nitrogens is 8. The van der Waals surface area contributed by atoms with Gasteiger partial charge < -0.3 is 29.4 Å². The second-order valence-electron chi connectivity index (χ2n) is 34.0. The second kappa shape index (κ2) is 32.5. The highest BCUT2D eigenvalue weighted by molar-refractivity contribution is 6.11. The fourth-order valence-corrected chi connectivity index (χ4v) is 19.5. The molecule has 622 valence electrons. The number of fused-ring (bicyclic) bond motifs is 8. The molecule has 0 N–H and O–H groups in total. The molecule has 4 aromatic heterocycles. The summed E-state index contributed by atoms with van der Waals surface area (Å²) in [5.41, 5.74) is 13.6. The summed E-state index contributed by atoms with van der Waals surface area (Å²) in [5.74, 6) is -1.20. The van der Waals surface area contributed by atoms with Crippen molar-refractivity contribution in [2.24, 2.45) is 28.2 Å². The van der Waals surface area contributed by atoms with E-state index in [1.165, 1.54) is 24.3 Å². The van der Waals surface area contributed by atoms with Crippen molar-refractivity contribution in [1.29, 1.82) is 0 Å². The lowest BCUT2D eigenvalue weighted by molar-refractivity contribution is -0.123. The van der Waals surface area contributed by atoms with E-state index >= 15 is 8.78 Å². The summed E-state index contributed by atoms with van der Waals surface area (Å²) >= 11 is 0. The van der Waals surface area contributed by atoms with E-state index in [0.717, 1.165) is 129 Å². The van der Waals surface area contributed by atoms with Gasteiger partial charge in [-0.05, 0) is 173 Å². The number of para-hydroxylation sites is 4. The van der Waals surface area contributed by atoms with Crippen LogP contribution in [0.15, 0.2) is 219 Å². The van der Waals surface area contributed by atoms with E-state index in [2.05, 4.69) is 55.0 Å². The van der Waals surface area contributed by atoms with Gasteiger partial charge in [0.05, 0.1) is 79.2 Å². The number of hydrogen-bond donors (Lipinski definition) is 0. The summed E-state index contributed by atoms with van der Waals surface area (Å²) in [7, 11) is 11.4. The first-order valence-corrected chi connectivity index (χ1v) is 41.1. The SMILES string of the molecule is CC(C)N1CCC2(C1)C(=O)N(Cc1ccc(-c3cnn(C)c3)cc1F)c1ccccc12.CN1CCC2(C1)C(=O)N(Cc1ccc(-c3cnn(C)c3)cc1F)c1ccccc12.CN1CCC2(C1)C(=O)N(Cc1ccc(-c3cnn(C)c3)cc1F)c1ccccc12.Cn1cc(-c2ccc(CN3C(=O)C4(CCN(CC(F)F)C4)c4ccccc43)c(F)c2)cn1. The van der Waals surface area contributed by atoms with Crippen molar-refractivity contribution in [3.8, 4) is 44.5 Å². The maximum atomic E-state index is 15.1. The van der Waals surface area contributed by atoms with Crippen LogP contribution in [0.1, 0.15) is 84.0 Å². The monoisotopic (exact) mass is 1640 g/mol. The maximum absolute atomic E-state index is 15.1. The lowest BCUT2D eigenvalue weighted by Crippen LogP contribution is -2.43. The number of amides is 4. The average molecular weight is 1640 g/mol. The Balaban J connectivity index is 0.000000115. The molecule has 4 amide bonds. The minimum atomic E-state index is -2.44. The predicted molar refractivity (Wildman–Crippen MR) is 454 cm³/mol. The lowest BCUT2D eigenvalue weighted by atomic mass is 9.81. The number of hydrogen-bond acceptors (Lipinski definition) is 12. The van der Waals surface area contributed by atoms with Crippen LogP contribution in [0.3, 0.4) is 0 Å². The van der Waals surface area contributed by atoms with Crippen molar-refractivity contribution >= 4 is 46.4 Å². The average Bonchev–Trinajstić information content (AvgIpc) is 1.58. The van der Waals surface area contributed by atoms with E-state index in [4.69, 9.17) is 0 Å². The zero-order chi connectivity index (χ0) is 84.6. The van der Waals surface area contributed by atoms with Crippen molar-refractivity contribution in [2.75, 3.05) is 92.6 Å². The molecule has 12 aromatic rings. The summed E-state index contributed by atoms with van der Waals surface area (Å²) in [4.78, 5) is 69.6. The lowest BCUT2D eigenvalue weighted by Gasteiger charge is -2.26. The first-order chi connectivity index (χ1) is 58.2. The molecule has 12 heterocycles. The highest BCUT2D eigenvalue weighted by Gasteiger charge is 2.58. The molecule has 26 heteroatoms. The number of anilines is 4. The highest BCUT2D eigenvalue weighted by Crippen LogP contribution is 2.53. The zero-order valence-corrected chi connectivity index (χ0v) is 69.0. The first-order valence-electron chi connectivity index (χ1n) is 41.1. The number of aryl methyl sites for hydroxylation is 4. The van der Waals surface area contributed by atoms with Crippen LogP contribution in [0.5, 0.6) is 0 Å². The zero-order valence-electron chi connectivity index (χ0n) is 69.0. The Morgan fingerprint density at radius 3 is 0.860 bits per heavy atom. The van der Waals surface area contributed by atoms with E-state index in [0.29, 0.717) is 59.9 Å². The minimum absolute atomic E-state index is 0.0822. The molecule has 8 aliphatic heterocycles. The van der Waals surface area contributed by atoms with Gasteiger partial charge >= 0.3 is 0 Å². The van der Waals surface area contributed by atoms with Gasteiger partial charge in [-0.15, -0.1) is 0 Å². The van der Waals surface area contributed by atoms with Gasteiger partial charge in [0.15, 0.2) is 0 Å². The fourth-order valence-electron chi connectivity index (χ4n) is 19.5. The van der Waals surface area contributed by atoms with Crippen LogP contribution in [0.25, 0.3) is 44.5 Å². The number of alkyl halides is 2. The highest BCUT2D eigenvalue weighted by atomic mass is 19.3. The Bertz CT molecular complexity index is 5800. The Hall–Kier alpha value is -12.1. The molecular weight excluding hydrogens is 1540 g/mol. The summed E-state index contributed by atoms with van der Waals surface area (Å²) in [6, 6.07) is 52.3. The van der Waals surface area contributed by atoms with Crippen LogP contribution in [0.4, 0.5) is 49.1 Å². The van der Waals surface area contributed by atoms with Crippen molar-refractivity contribution in [2.45, 2.75) is 99.8 Å². The molecule has 20 nitrogen and oxygen atoms in total. The van der Waals surface area contributed by atoms with Gasteiger partial charge in [0.1, 0.15) is 23.3 Å². The summed E-state index contributed by atoms with van der Waals surface area (Å²) < 4.78 is 92.6. The number of halogens is 6. The molecule has 4 saturated heterocycles. The van der Waals surface area contributed by atoms with Gasteiger partial charge in [0.25, 0.3) is 6.43 Å². The van der Waals surface area contributed by atoms with Gasteiger partial charge in [-0.1, -0.05) is 121 Å². The number of carbonyl (C=O) groups is 4. The van der Waals surface area contributed by atoms with Crippen molar-refractivity contribution in [3.63, 3.8) is 0 Å². The third-order valence-corrected chi connectivity index (χ3v) is 25.8. The number of nitrogens with zero attached hydrogens (tertiary/aromatic N) is 16. The molecular formula is C95H96F6N16O4. The number of benzene rings is 8. The van der Waals surface area contributed by atoms with Gasteiger partial charge in [0, 0.05) is 152 Å². The van der Waals surface area contributed by atoms with Crippen LogP contribution in [-0.4, -0.2) is 168 Å². The third kappa shape index (κ3) is 15.0. The molecule has 0 bridgehead atoms. The minimum Gasteiger partial charge on any atom is -0.307 e. The van der Waals surface area contributed by atoms with E-state index in [1.54, 1.807) is 99.3 Å². The van der Waals surface area contributed by atoms with Crippen molar-refractivity contribution in [1.82, 2.24) is 58.7 Å². The molecule has 4 unspecified atom stereocenters. The topological polar surface area (TPSA) is 165 Å². The number of likely N-dealkylation sites (tertiary alicyclic amines) is 4. The van der Waals surface area contributed by atoms with Crippen LogP contribution < -0.4 is 19.6 Å². The molecule has 4 atom stereocenters. The van der Waals surface area contributed by atoms with Gasteiger partial charge in [-0.2, -0.15) is 20.4 Å². The van der Waals surface area contributed by atoms with Gasteiger partial charge in [-0.25, -0.2) is 26.3 Å². The predicted octanol–water partition coefficient (Wildman–Crippen LogP) is 14.8. The molecule has 8 aliphatic rings. The van der Waals surface area contributed by atoms with E-state index in [9.17, 15) is 36.7 Å². The van der Waals surface area contributed by atoms with Crippen LogP contribution in [0.2, 0.25) is 0 Å². The largest absolute Gasteiger partial charge is 0.307 e. The van der Waals surface area contributed by atoms with Crippen molar-refractivity contribution < 1.29 is 45.5 Å². The van der Waals surface area contributed by atoms with Crippen LogP contribution in [-0.2, 0) is 95.2 Å². The number of likely N-dealkylation sites (N-methyl/N-ethyl adjacent to an activating group) is 2. The molecule has 0 radical (unpaired) electrons. The Morgan fingerprint density at radius 1 is 0.339 bits per heavy atom. The quantitative estimate of drug-likeness (QED) is 0.0893. The molecule has 8 aromatic carbocycles. The van der Waals surface area contributed by atoms with Crippen LogP contribution >= 0.6 is 0 Å². The molecule has 0 aliphatic carbocycles. The molecule has 20 rings (SSSR count). The number of carbonyl (C=O) groups excluding carboxylic acids is 4. The standard InChI is InChI=1S/C25H27FN4O.C24H23F3N4O.2C23H23FN4O/c1-17(2)29-11-10-25(16-29)21-6-4-5-7-23(21)30(24(25)31)15-19-9-8-18(12-22(19)26)20-13-27-28(3)14-20;1-29-12-18(11-28-29)16-6-7-17(20(25)10-16)13-31-21-5-3-2-4-19(21)24(23(31)32)8-9-30(15-24)14-22(26)27;2*1-26-10-9-23(15-26)19-5-3-4-6-21(19)28(22(23)29)14-17-8-7-16(11-20(17)24)18-12-25-27(2)13-18/h4-9,12-14,17H,10-11,15-16H2,1-3H3;2-7,10-12,22H,8-9,13-15H2,1H3;2*3-8,11-13H,9-10,14-15H2,1-2H3. The molecule has 121 heavy (non-hydrogen) atoms. The third-order valence-electron chi connectivity index (χ3n) is 25.8. The smallest absolute Gasteiger partial charge is 0.251 e. The summed E-state index contributed by atoms with van der Waals surface area (Å²) in [6.45, 7) is 10.3. The van der Waals surface area contributed by atoms with Gasteiger partial charge in [0.2, 0.25) is 23.6 Å². The Labute approximate surface area is 699 Å².